The first-order chi connectivity index (χ1) is 9.06. The summed E-state index contributed by atoms with van der Waals surface area (Å²) in [6.45, 7) is 6.21. The average molecular weight is 273 g/mol. The van der Waals surface area contributed by atoms with Crippen LogP contribution >= 0.6 is 11.6 Å². The van der Waals surface area contributed by atoms with Crippen molar-refractivity contribution < 1.29 is 0 Å². The van der Waals surface area contributed by atoms with Crippen LogP contribution in [0.3, 0.4) is 0 Å². The molecule has 1 N–H and O–H groups in total. The molecular formula is C16H17ClN2. The average Bonchev–Trinajstić information content (AvgIpc) is 2.41. The largest absolute Gasteiger partial charge is 0.278 e. The number of hydrazone groups is 1. The minimum atomic E-state index is 0.723. The van der Waals surface area contributed by atoms with E-state index in [0.717, 1.165) is 22.0 Å². The Labute approximate surface area is 119 Å². The number of hydrogen-bond donors (Lipinski definition) is 1. The van der Waals surface area contributed by atoms with Crippen molar-refractivity contribution in [1.29, 1.82) is 0 Å². The summed E-state index contributed by atoms with van der Waals surface area (Å²) in [6.07, 6.45) is 0. The van der Waals surface area contributed by atoms with Gasteiger partial charge in [0.25, 0.3) is 0 Å². The molecule has 0 aliphatic carbocycles. The first-order valence-corrected chi connectivity index (χ1v) is 6.57. The van der Waals surface area contributed by atoms with Gasteiger partial charge in [-0.3, -0.25) is 5.43 Å². The molecule has 2 aromatic rings. The lowest BCUT2D eigenvalue weighted by Crippen LogP contribution is -2.00. The second-order valence-corrected chi connectivity index (χ2v) is 5.05. The number of nitrogens with zero attached hydrogens (tertiary/aromatic N) is 1. The Bertz CT molecular complexity index is 601. The molecule has 0 aliphatic rings. The molecule has 0 radical (unpaired) electrons. The molecule has 0 heterocycles. The number of rotatable bonds is 3. The van der Waals surface area contributed by atoms with E-state index < -0.39 is 0 Å². The molecule has 2 aromatic carbocycles. The van der Waals surface area contributed by atoms with Gasteiger partial charge in [0.05, 0.1) is 11.4 Å². The van der Waals surface area contributed by atoms with Gasteiger partial charge >= 0.3 is 0 Å². The van der Waals surface area contributed by atoms with Crippen molar-refractivity contribution in [3.05, 3.63) is 64.2 Å². The second kappa shape index (κ2) is 5.89. The standard InChI is InChI=1S/C16H17ClN2/c1-11-4-5-14(10-12(11)2)13(3)18-19-16-8-6-15(17)7-9-16/h4-10,19H,1-3H3/b18-13-. The minimum Gasteiger partial charge on any atom is -0.278 e. The molecule has 0 bridgehead atoms. The Morgan fingerprint density at radius 1 is 1.00 bits per heavy atom. The normalized spacial score (nSPS) is 11.5. The van der Waals surface area contributed by atoms with Gasteiger partial charge in [0.15, 0.2) is 0 Å². The van der Waals surface area contributed by atoms with Gasteiger partial charge in [-0.05, 0) is 67.8 Å². The van der Waals surface area contributed by atoms with Crippen LogP contribution in [0.2, 0.25) is 5.02 Å². The van der Waals surface area contributed by atoms with E-state index in [9.17, 15) is 0 Å². The molecule has 0 spiro atoms. The predicted octanol–water partition coefficient (Wildman–Crippen LogP) is 4.79. The minimum absolute atomic E-state index is 0.723. The zero-order chi connectivity index (χ0) is 13.8. The maximum absolute atomic E-state index is 5.84. The van der Waals surface area contributed by atoms with Gasteiger partial charge in [-0.2, -0.15) is 5.10 Å². The predicted molar refractivity (Wildman–Crippen MR) is 83.2 cm³/mol. The molecular weight excluding hydrogens is 256 g/mol. The first-order valence-electron chi connectivity index (χ1n) is 6.20. The molecule has 19 heavy (non-hydrogen) atoms. The fourth-order valence-corrected chi connectivity index (χ4v) is 1.83. The fraction of sp³-hybridized carbons (Fsp3) is 0.188. The van der Waals surface area contributed by atoms with E-state index in [1.165, 1.54) is 11.1 Å². The van der Waals surface area contributed by atoms with Crippen LogP contribution < -0.4 is 5.43 Å². The lowest BCUT2D eigenvalue weighted by molar-refractivity contribution is 1.30. The molecule has 0 aromatic heterocycles. The number of halogens is 1. The molecule has 0 amide bonds. The summed E-state index contributed by atoms with van der Waals surface area (Å²) in [5.74, 6) is 0. The number of anilines is 1. The van der Waals surface area contributed by atoms with E-state index in [-0.39, 0.29) is 0 Å². The van der Waals surface area contributed by atoms with Crippen molar-refractivity contribution in [2.75, 3.05) is 5.43 Å². The van der Waals surface area contributed by atoms with Crippen molar-refractivity contribution >= 4 is 23.0 Å². The van der Waals surface area contributed by atoms with Gasteiger partial charge in [0, 0.05) is 5.02 Å². The summed E-state index contributed by atoms with van der Waals surface area (Å²) in [7, 11) is 0. The summed E-state index contributed by atoms with van der Waals surface area (Å²) in [5.41, 5.74) is 8.61. The highest BCUT2D eigenvalue weighted by atomic mass is 35.5. The van der Waals surface area contributed by atoms with E-state index in [0.29, 0.717) is 0 Å². The third-order valence-electron chi connectivity index (χ3n) is 3.12. The van der Waals surface area contributed by atoms with Crippen molar-refractivity contribution in [1.82, 2.24) is 0 Å². The summed E-state index contributed by atoms with van der Waals surface area (Å²) in [4.78, 5) is 0. The van der Waals surface area contributed by atoms with Crippen molar-refractivity contribution in [3.8, 4) is 0 Å². The van der Waals surface area contributed by atoms with Crippen molar-refractivity contribution in [2.24, 2.45) is 5.10 Å². The molecule has 0 saturated carbocycles. The van der Waals surface area contributed by atoms with Crippen LogP contribution in [-0.2, 0) is 0 Å². The third kappa shape index (κ3) is 3.58. The number of nitrogens with one attached hydrogen (secondary N) is 1. The zero-order valence-electron chi connectivity index (χ0n) is 11.4. The fourth-order valence-electron chi connectivity index (χ4n) is 1.70. The Balaban J connectivity index is 2.14. The Morgan fingerprint density at radius 2 is 1.68 bits per heavy atom. The van der Waals surface area contributed by atoms with E-state index in [1.807, 2.05) is 31.2 Å². The van der Waals surface area contributed by atoms with Gasteiger partial charge < -0.3 is 0 Å². The Hall–Kier alpha value is -1.80. The molecule has 0 saturated heterocycles. The van der Waals surface area contributed by atoms with Gasteiger partial charge in [-0.1, -0.05) is 23.7 Å². The molecule has 0 fully saturated rings. The maximum atomic E-state index is 5.84. The maximum Gasteiger partial charge on any atom is 0.0648 e. The van der Waals surface area contributed by atoms with Crippen LogP contribution in [0.4, 0.5) is 5.69 Å². The highest BCUT2D eigenvalue weighted by Gasteiger charge is 2.00. The second-order valence-electron chi connectivity index (χ2n) is 4.61. The van der Waals surface area contributed by atoms with E-state index in [4.69, 9.17) is 11.6 Å². The molecule has 2 rings (SSSR count). The van der Waals surface area contributed by atoms with Gasteiger partial charge in [-0.25, -0.2) is 0 Å². The molecule has 98 valence electrons. The lowest BCUT2D eigenvalue weighted by atomic mass is 10.0. The topological polar surface area (TPSA) is 24.4 Å². The van der Waals surface area contributed by atoms with E-state index in [1.54, 1.807) is 0 Å². The summed E-state index contributed by atoms with van der Waals surface area (Å²) in [6, 6.07) is 13.8. The van der Waals surface area contributed by atoms with Crippen molar-refractivity contribution in [3.63, 3.8) is 0 Å². The van der Waals surface area contributed by atoms with Crippen LogP contribution in [0.5, 0.6) is 0 Å². The van der Waals surface area contributed by atoms with Gasteiger partial charge in [0.2, 0.25) is 0 Å². The van der Waals surface area contributed by atoms with Gasteiger partial charge in [-0.15, -0.1) is 0 Å². The van der Waals surface area contributed by atoms with Gasteiger partial charge in [0.1, 0.15) is 0 Å². The monoisotopic (exact) mass is 272 g/mol. The molecule has 0 atom stereocenters. The van der Waals surface area contributed by atoms with Crippen LogP contribution in [0.1, 0.15) is 23.6 Å². The lowest BCUT2D eigenvalue weighted by Gasteiger charge is -2.06. The number of benzene rings is 2. The SMILES string of the molecule is C/C(=N/Nc1ccc(Cl)cc1)c1ccc(C)c(C)c1. The Morgan fingerprint density at radius 3 is 2.32 bits per heavy atom. The summed E-state index contributed by atoms with van der Waals surface area (Å²) in [5, 5.41) is 5.11. The van der Waals surface area contributed by atoms with E-state index in [2.05, 4.69) is 42.6 Å². The molecule has 3 heteroatoms. The molecule has 0 aliphatic heterocycles. The van der Waals surface area contributed by atoms with Crippen LogP contribution in [0, 0.1) is 13.8 Å². The van der Waals surface area contributed by atoms with Crippen molar-refractivity contribution in [2.45, 2.75) is 20.8 Å². The summed E-state index contributed by atoms with van der Waals surface area (Å²) >= 11 is 5.84. The summed E-state index contributed by atoms with van der Waals surface area (Å²) < 4.78 is 0. The first kappa shape index (κ1) is 13.6. The van der Waals surface area contributed by atoms with Crippen LogP contribution in [0.15, 0.2) is 47.6 Å². The zero-order valence-corrected chi connectivity index (χ0v) is 12.1. The smallest absolute Gasteiger partial charge is 0.0648 e. The van der Waals surface area contributed by atoms with Crippen LogP contribution in [-0.4, -0.2) is 5.71 Å². The Kier molecular flexibility index (Phi) is 4.23. The highest BCUT2D eigenvalue weighted by Crippen LogP contribution is 2.14. The quantitative estimate of drug-likeness (QED) is 0.630. The third-order valence-corrected chi connectivity index (χ3v) is 3.37. The molecule has 2 nitrogen and oxygen atoms in total. The number of hydrogen-bond acceptors (Lipinski definition) is 2. The molecule has 0 unspecified atom stereocenters. The highest BCUT2D eigenvalue weighted by molar-refractivity contribution is 6.30. The van der Waals surface area contributed by atoms with Crippen LogP contribution in [0.25, 0.3) is 0 Å². The van der Waals surface area contributed by atoms with E-state index >= 15 is 0 Å². The number of aryl methyl sites for hydroxylation is 2.